The molecule has 304 valence electrons. The number of para-hydroxylation sites is 1. The Morgan fingerprint density at radius 2 is 1.10 bits per heavy atom. The molecule has 12 rings (SSSR count). The largest absolute Gasteiger partial charge is 0.455 e. The van der Waals surface area contributed by atoms with E-state index in [1.165, 1.54) is 96.8 Å². The Morgan fingerprint density at radius 3 is 1.79 bits per heavy atom. The van der Waals surface area contributed by atoms with Crippen LogP contribution in [-0.4, -0.2) is 6.85 Å². The number of hydrogen-bond donors (Lipinski definition) is 0. The molecule has 0 aliphatic carbocycles. The number of benzene rings is 7. The lowest BCUT2D eigenvalue weighted by molar-refractivity contribution is 0.590. The van der Waals surface area contributed by atoms with Gasteiger partial charge in [0.25, 0.3) is 0 Å². The van der Waals surface area contributed by atoms with Crippen LogP contribution in [0.15, 0.2) is 138 Å². The minimum Gasteiger partial charge on any atom is -0.455 e. The number of anilines is 5. The quantitative estimate of drug-likeness (QED) is 0.162. The molecule has 6 heteroatoms. The van der Waals surface area contributed by atoms with Gasteiger partial charge in [0.05, 0.1) is 5.69 Å². The topological polar surface area (TPSA) is 19.6 Å². The molecular formula is C56H49BN2OS2. The zero-order valence-corrected chi connectivity index (χ0v) is 38.5. The van der Waals surface area contributed by atoms with Gasteiger partial charge in [0.1, 0.15) is 11.2 Å². The Balaban J connectivity index is 1.27. The molecule has 0 saturated carbocycles. The van der Waals surface area contributed by atoms with Crippen molar-refractivity contribution in [3.63, 3.8) is 0 Å². The number of thiophene rings is 2. The highest BCUT2D eigenvalue weighted by molar-refractivity contribution is 7.32. The predicted octanol–water partition coefficient (Wildman–Crippen LogP) is 15.8. The van der Waals surface area contributed by atoms with Crippen LogP contribution in [-0.2, 0) is 16.2 Å². The first-order valence-corrected chi connectivity index (χ1v) is 23.6. The van der Waals surface area contributed by atoms with Gasteiger partial charge < -0.3 is 14.1 Å². The molecule has 0 bridgehead atoms. The zero-order chi connectivity index (χ0) is 42.6. The van der Waals surface area contributed by atoms with Crippen molar-refractivity contribution in [2.45, 2.75) is 78.6 Å². The molecule has 2 aliphatic heterocycles. The summed E-state index contributed by atoms with van der Waals surface area (Å²) in [5.74, 6) is 0. The number of fused-ring (bicyclic) bond motifs is 13. The van der Waals surface area contributed by atoms with Gasteiger partial charge in [-0.05, 0) is 105 Å². The molecule has 0 amide bonds. The van der Waals surface area contributed by atoms with E-state index in [4.69, 9.17) is 4.42 Å². The normalized spacial score (nSPS) is 14.1. The molecule has 5 heterocycles. The van der Waals surface area contributed by atoms with Crippen LogP contribution >= 0.6 is 22.7 Å². The van der Waals surface area contributed by atoms with Crippen LogP contribution in [0.3, 0.4) is 0 Å². The van der Waals surface area contributed by atoms with Gasteiger partial charge in [-0.1, -0.05) is 129 Å². The Labute approximate surface area is 372 Å². The molecule has 0 unspecified atom stereocenters. The van der Waals surface area contributed by atoms with Crippen molar-refractivity contribution in [2.24, 2.45) is 0 Å². The first kappa shape index (κ1) is 37.9. The minimum atomic E-state index is -0.118. The van der Waals surface area contributed by atoms with E-state index in [1.54, 1.807) is 0 Å². The average Bonchev–Trinajstić information content (AvgIpc) is 3.93. The first-order chi connectivity index (χ1) is 29.6. The molecule has 0 spiro atoms. The molecule has 0 saturated heterocycles. The monoisotopic (exact) mass is 840 g/mol. The molecule has 0 N–H and O–H groups in total. The van der Waals surface area contributed by atoms with Gasteiger partial charge in [-0.2, -0.15) is 0 Å². The zero-order valence-electron chi connectivity index (χ0n) is 36.9. The van der Waals surface area contributed by atoms with Crippen LogP contribution in [0.5, 0.6) is 0 Å². The molecule has 0 fully saturated rings. The lowest BCUT2D eigenvalue weighted by Crippen LogP contribution is -2.60. The van der Waals surface area contributed by atoms with Gasteiger partial charge >= 0.3 is 6.85 Å². The van der Waals surface area contributed by atoms with E-state index in [2.05, 4.69) is 205 Å². The lowest BCUT2D eigenvalue weighted by atomic mass is 9.46. The minimum absolute atomic E-state index is 0.00987. The SMILES string of the molecule is CC(C)(C)c1ccc(N2B3c4sc5ccc(C(C)(C)C)cc5c4N(c4ccc(C(C)(C)C)cc4)c4cc5c(oc6ccccc65)c(c43)-c3cc4c(cc32)sc2ccccc24)cc1. The third-order valence-electron chi connectivity index (χ3n) is 13.5. The maximum Gasteiger partial charge on any atom is 0.343 e. The van der Waals surface area contributed by atoms with E-state index in [-0.39, 0.29) is 23.1 Å². The van der Waals surface area contributed by atoms with Crippen molar-refractivity contribution in [2.75, 3.05) is 9.71 Å². The van der Waals surface area contributed by atoms with Gasteiger partial charge in [-0.25, -0.2) is 0 Å². The van der Waals surface area contributed by atoms with Crippen LogP contribution in [0.25, 0.3) is 63.3 Å². The summed E-state index contributed by atoms with van der Waals surface area (Å²) in [4.78, 5) is 5.28. The van der Waals surface area contributed by atoms with Gasteiger partial charge in [0.15, 0.2) is 0 Å². The Hall–Kier alpha value is -5.82. The van der Waals surface area contributed by atoms with E-state index < -0.39 is 0 Å². The van der Waals surface area contributed by atoms with Crippen LogP contribution in [0.2, 0.25) is 0 Å². The lowest BCUT2D eigenvalue weighted by Gasteiger charge is -2.44. The Morgan fingerprint density at radius 1 is 0.484 bits per heavy atom. The van der Waals surface area contributed by atoms with E-state index in [0.29, 0.717) is 0 Å². The van der Waals surface area contributed by atoms with E-state index in [9.17, 15) is 0 Å². The fourth-order valence-corrected chi connectivity index (χ4v) is 12.6. The second kappa shape index (κ2) is 12.9. The van der Waals surface area contributed by atoms with Crippen molar-refractivity contribution in [3.8, 4) is 11.1 Å². The van der Waals surface area contributed by atoms with E-state index in [0.717, 1.165) is 21.9 Å². The summed E-state index contributed by atoms with van der Waals surface area (Å²) < 4.78 is 12.4. The second-order valence-corrected chi connectivity index (χ2v) is 22.8. The average molecular weight is 841 g/mol. The Kier molecular flexibility index (Phi) is 7.87. The highest BCUT2D eigenvalue weighted by Gasteiger charge is 2.48. The summed E-state index contributed by atoms with van der Waals surface area (Å²) in [6.45, 7) is 20.7. The van der Waals surface area contributed by atoms with Crippen LogP contribution in [0.1, 0.15) is 79.0 Å². The highest BCUT2D eigenvalue weighted by Crippen LogP contribution is 2.54. The second-order valence-electron chi connectivity index (χ2n) is 20.6. The first-order valence-electron chi connectivity index (χ1n) is 21.9. The molecule has 10 aromatic rings. The molecule has 0 radical (unpaired) electrons. The molecule has 62 heavy (non-hydrogen) atoms. The number of hydrogen-bond acceptors (Lipinski definition) is 5. The van der Waals surface area contributed by atoms with Crippen molar-refractivity contribution >= 4 is 120 Å². The summed E-state index contributed by atoms with van der Waals surface area (Å²) >= 11 is 3.84. The highest BCUT2D eigenvalue weighted by atomic mass is 32.1. The summed E-state index contributed by atoms with van der Waals surface area (Å²) in [6.07, 6.45) is 0. The van der Waals surface area contributed by atoms with E-state index in [1.807, 2.05) is 22.7 Å². The van der Waals surface area contributed by atoms with Gasteiger partial charge in [-0.15, -0.1) is 22.7 Å². The maximum atomic E-state index is 7.12. The molecule has 7 aromatic carbocycles. The molecule has 2 aliphatic rings. The van der Waals surface area contributed by atoms with Gasteiger partial charge in [0, 0.05) is 79.7 Å². The van der Waals surface area contributed by atoms with Crippen molar-refractivity contribution in [1.82, 2.24) is 0 Å². The summed E-state index contributed by atoms with van der Waals surface area (Å²) in [6, 6.07) is 50.9. The number of rotatable bonds is 2. The van der Waals surface area contributed by atoms with E-state index >= 15 is 0 Å². The van der Waals surface area contributed by atoms with Crippen LogP contribution in [0, 0.1) is 0 Å². The standard InChI is InChI=1S/C56H49BN2OS2/c1-54(2,3)32-18-23-35(24-19-32)58-44-30-40-37-14-10-12-16-45(37)60-52(40)49-41-29-39-38-15-11-13-17-46(38)61-48(39)31-43(41)59(36-25-20-33(21-26-36)55(4,5)6)57(50(44)49)53-51(58)42-28-34(56(7,8)9)22-27-47(42)62-53/h10-31H,1-9H3. The molecule has 3 aromatic heterocycles. The summed E-state index contributed by atoms with van der Waals surface area (Å²) in [7, 11) is 0. The van der Waals surface area contributed by atoms with Crippen molar-refractivity contribution in [3.05, 3.63) is 150 Å². The van der Waals surface area contributed by atoms with Crippen LogP contribution < -0.4 is 20.0 Å². The third-order valence-corrected chi connectivity index (χ3v) is 15.9. The van der Waals surface area contributed by atoms with Crippen molar-refractivity contribution < 1.29 is 4.42 Å². The molecule has 0 atom stereocenters. The Bertz CT molecular complexity index is 3480. The third kappa shape index (κ3) is 5.48. The predicted molar refractivity (Wildman–Crippen MR) is 272 cm³/mol. The summed E-state index contributed by atoms with van der Waals surface area (Å²) in [5.41, 5.74) is 15.7. The van der Waals surface area contributed by atoms with Gasteiger partial charge in [0.2, 0.25) is 0 Å². The maximum absolute atomic E-state index is 7.12. The molecule has 3 nitrogen and oxygen atoms in total. The van der Waals surface area contributed by atoms with Crippen molar-refractivity contribution in [1.29, 1.82) is 0 Å². The number of furan rings is 1. The fourth-order valence-electron chi connectivity index (χ4n) is 10.2. The smallest absolute Gasteiger partial charge is 0.343 e. The van der Waals surface area contributed by atoms with Gasteiger partial charge in [-0.3, -0.25) is 0 Å². The summed E-state index contributed by atoms with van der Waals surface area (Å²) in [5, 5.41) is 6.17. The number of nitrogens with zero attached hydrogens (tertiary/aromatic N) is 2. The van der Waals surface area contributed by atoms with Crippen LogP contribution in [0.4, 0.5) is 28.4 Å². The fraction of sp³-hybridized carbons (Fsp3) is 0.214. The molecular weight excluding hydrogens is 792 g/mol.